The van der Waals surface area contributed by atoms with Crippen LogP contribution in [0.3, 0.4) is 0 Å². The van der Waals surface area contributed by atoms with E-state index in [4.69, 9.17) is 0 Å². The van der Waals surface area contributed by atoms with E-state index in [-0.39, 0.29) is 11.9 Å². The van der Waals surface area contributed by atoms with E-state index in [2.05, 4.69) is 27.2 Å². The van der Waals surface area contributed by atoms with Gasteiger partial charge in [-0.05, 0) is 68.7 Å². The van der Waals surface area contributed by atoms with Gasteiger partial charge in [0.2, 0.25) is 0 Å². The van der Waals surface area contributed by atoms with E-state index in [1.54, 1.807) is 17.1 Å². The zero-order chi connectivity index (χ0) is 21.5. The van der Waals surface area contributed by atoms with Crippen LogP contribution in [0.4, 0.5) is 0 Å². The minimum atomic E-state index is -0.00381. The van der Waals surface area contributed by atoms with Crippen LogP contribution in [-0.2, 0) is 0 Å². The predicted molar refractivity (Wildman–Crippen MR) is 123 cm³/mol. The first-order valence-electron chi connectivity index (χ1n) is 12.2. The molecule has 1 amide bonds. The number of hydrogen-bond donors (Lipinski definition) is 1. The second-order valence-corrected chi connectivity index (χ2v) is 9.39. The normalized spacial score (nSPS) is 24.7. The summed E-state index contributed by atoms with van der Waals surface area (Å²) in [5, 5.41) is 7.54. The molecule has 3 atom stereocenters. The molecule has 3 heterocycles. The Labute approximate surface area is 186 Å². The molecule has 1 aliphatic carbocycles. The summed E-state index contributed by atoms with van der Waals surface area (Å²) >= 11 is 0. The Morgan fingerprint density at radius 2 is 2.10 bits per heavy atom. The fourth-order valence-corrected chi connectivity index (χ4v) is 5.31. The van der Waals surface area contributed by atoms with Crippen molar-refractivity contribution in [2.75, 3.05) is 19.6 Å². The number of carbonyl (C=O) groups is 1. The lowest BCUT2D eigenvalue weighted by Crippen LogP contribution is -2.48. The van der Waals surface area contributed by atoms with Crippen molar-refractivity contribution in [2.24, 2.45) is 11.8 Å². The molecule has 168 valence electrons. The molecule has 6 heteroatoms. The van der Waals surface area contributed by atoms with Gasteiger partial charge < -0.3 is 10.2 Å². The van der Waals surface area contributed by atoms with Crippen LogP contribution in [0.25, 0.3) is 5.82 Å². The molecule has 0 spiro atoms. The summed E-state index contributed by atoms with van der Waals surface area (Å²) in [4.78, 5) is 20.0. The lowest BCUT2D eigenvalue weighted by molar-refractivity contribution is 0.0853. The lowest BCUT2D eigenvalue weighted by Gasteiger charge is -2.39. The van der Waals surface area contributed by atoms with E-state index in [0.717, 1.165) is 24.7 Å². The number of likely N-dealkylation sites (tertiary alicyclic amines) is 1. The van der Waals surface area contributed by atoms with Gasteiger partial charge in [0.25, 0.3) is 5.91 Å². The number of aromatic nitrogens is 3. The molecule has 1 saturated carbocycles. The molecule has 2 aliphatic rings. The van der Waals surface area contributed by atoms with Gasteiger partial charge in [-0.25, -0.2) is 9.67 Å². The van der Waals surface area contributed by atoms with Crippen molar-refractivity contribution in [2.45, 2.75) is 70.8 Å². The standard InChI is InChI=1S/C25H37N5O/c1-2-3-8-20-9-6-15-29(18-20)19-22-10-4-5-11-23(22)28-25(31)21-12-13-24(26-17-21)30-16-7-14-27-30/h7,12-14,16-17,20,22-23H,2-6,8-11,15,18-19H2,1H3,(H,28,31)/t20?,22-,23+/m0/s1. The highest BCUT2D eigenvalue weighted by Gasteiger charge is 2.30. The van der Waals surface area contributed by atoms with Crippen LogP contribution in [-0.4, -0.2) is 51.2 Å². The Morgan fingerprint density at radius 1 is 1.19 bits per heavy atom. The van der Waals surface area contributed by atoms with Crippen LogP contribution in [0, 0.1) is 11.8 Å². The molecule has 6 nitrogen and oxygen atoms in total. The Morgan fingerprint density at radius 3 is 2.87 bits per heavy atom. The molecule has 1 saturated heterocycles. The highest BCUT2D eigenvalue weighted by atomic mass is 16.1. The second kappa shape index (κ2) is 10.9. The lowest BCUT2D eigenvalue weighted by atomic mass is 9.83. The number of nitrogens with zero attached hydrogens (tertiary/aromatic N) is 4. The zero-order valence-electron chi connectivity index (χ0n) is 18.9. The smallest absolute Gasteiger partial charge is 0.253 e. The quantitative estimate of drug-likeness (QED) is 0.681. The first kappa shape index (κ1) is 22.0. The van der Waals surface area contributed by atoms with Crippen molar-refractivity contribution < 1.29 is 4.79 Å². The van der Waals surface area contributed by atoms with Gasteiger partial charge in [0.1, 0.15) is 0 Å². The molecular formula is C25H37N5O. The Hall–Kier alpha value is -2.21. The third kappa shape index (κ3) is 5.94. The van der Waals surface area contributed by atoms with E-state index < -0.39 is 0 Å². The highest BCUT2D eigenvalue weighted by molar-refractivity contribution is 5.94. The molecule has 2 aromatic heterocycles. The van der Waals surface area contributed by atoms with Crippen molar-refractivity contribution in [3.63, 3.8) is 0 Å². The molecule has 0 bridgehead atoms. The Balaban J connectivity index is 1.33. The maximum atomic E-state index is 12.9. The van der Waals surface area contributed by atoms with Gasteiger partial charge in [-0.15, -0.1) is 0 Å². The number of piperidine rings is 1. The maximum Gasteiger partial charge on any atom is 0.253 e. The van der Waals surface area contributed by atoms with Crippen molar-refractivity contribution in [1.82, 2.24) is 25.0 Å². The summed E-state index contributed by atoms with van der Waals surface area (Å²) in [6.07, 6.45) is 16.8. The number of hydrogen-bond acceptors (Lipinski definition) is 4. The summed E-state index contributed by atoms with van der Waals surface area (Å²) in [5.41, 5.74) is 0.623. The van der Waals surface area contributed by atoms with Gasteiger partial charge in [-0.1, -0.05) is 32.6 Å². The fraction of sp³-hybridized carbons (Fsp3) is 0.640. The molecule has 2 fully saturated rings. The molecule has 31 heavy (non-hydrogen) atoms. The van der Waals surface area contributed by atoms with Crippen LogP contribution in [0.1, 0.15) is 75.1 Å². The molecule has 1 aliphatic heterocycles. The van der Waals surface area contributed by atoms with Gasteiger partial charge in [0, 0.05) is 37.7 Å². The minimum Gasteiger partial charge on any atom is -0.349 e. The molecule has 1 unspecified atom stereocenters. The topological polar surface area (TPSA) is 63.1 Å². The van der Waals surface area contributed by atoms with Gasteiger partial charge in [-0.3, -0.25) is 4.79 Å². The van der Waals surface area contributed by atoms with Crippen LogP contribution in [0.5, 0.6) is 0 Å². The van der Waals surface area contributed by atoms with Crippen LogP contribution in [0.2, 0.25) is 0 Å². The van der Waals surface area contributed by atoms with Crippen LogP contribution >= 0.6 is 0 Å². The van der Waals surface area contributed by atoms with Gasteiger partial charge >= 0.3 is 0 Å². The predicted octanol–water partition coefficient (Wildman–Crippen LogP) is 4.46. The van der Waals surface area contributed by atoms with Gasteiger partial charge in [-0.2, -0.15) is 5.10 Å². The van der Waals surface area contributed by atoms with E-state index in [9.17, 15) is 4.79 Å². The van der Waals surface area contributed by atoms with Crippen LogP contribution in [0.15, 0.2) is 36.8 Å². The molecule has 0 aromatic carbocycles. The summed E-state index contributed by atoms with van der Waals surface area (Å²) in [6, 6.07) is 5.83. The fourth-order valence-electron chi connectivity index (χ4n) is 5.31. The third-order valence-electron chi connectivity index (χ3n) is 7.04. The van der Waals surface area contributed by atoms with Crippen molar-refractivity contribution >= 4 is 5.91 Å². The maximum absolute atomic E-state index is 12.9. The van der Waals surface area contributed by atoms with Crippen molar-refractivity contribution in [3.05, 3.63) is 42.4 Å². The number of nitrogens with one attached hydrogen (secondary N) is 1. The number of rotatable bonds is 8. The third-order valence-corrected chi connectivity index (χ3v) is 7.04. The van der Waals surface area contributed by atoms with E-state index in [0.29, 0.717) is 11.5 Å². The second-order valence-electron chi connectivity index (χ2n) is 9.39. The number of amides is 1. The average molecular weight is 424 g/mol. The Bertz CT molecular complexity index is 804. The SMILES string of the molecule is CCCCC1CCCN(C[C@@H]2CCCC[C@H]2NC(=O)c2ccc(-n3cccn3)nc2)C1. The molecule has 4 rings (SSSR count). The van der Waals surface area contributed by atoms with Gasteiger partial charge in [0.05, 0.1) is 5.56 Å². The van der Waals surface area contributed by atoms with Crippen molar-refractivity contribution in [3.8, 4) is 5.82 Å². The van der Waals surface area contributed by atoms with Gasteiger partial charge in [0.15, 0.2) is 5.82 Å². The average Bonchev–Trinajstić information content (AvgIpc) is 3.34. The summed E-state index contributed by atoms with van der Waals surface area (Å²) < 4.78 is 1.70. The minimum absolute atomic E-state index is 0.00381. The molecule has 2 aromatic rings. The summed E-state index contributed by atoms with van der Waals surface area (Å²) in [6.45, 7) is 5.88. The monoisotopic (exact) mass is 423 g/mol. The first-order chi connectivity index (χ1) is 15.2. The molecular weight excluding hydrogens is 386 g/mol. The van der Waals surface area contributed by atoms with Crippen molar-refractivity contribution in [1.29, 1.82) is 0 Å². The summed E-state index contributed by atoms with van der Waals surface area (Å²) in [5.74, 6) is 2.14. The van der Waals surface area contributed by atoms with E-state index in [1.807, 2.05) is 24.4 Å². The summed E-state index contributed by atoms with van der Waals surface area (Å²) in [7, 11) is 0. The molecule has 1 N–H and O–H groups in total. The van der Waals surface area contributed by atoms with E-state index >= 15 is 0 Å². The first-order valence-corrected chi connectivity index (χ1v) is 12.2. The number of unbranched alkanes of at least 4 members (excludes halogenated alkanes) is 1. The Kier molecular flexibility index (Phi) is 7.73. The molecule has 0 radical (unpaired) electrons. The van der Waals surface area contributed by atoms with E-state index in [1.165, 1.54) is 64.5 Å². The number of carbonyl (C=O) groups excluding carboxylic acids is 1. The zero-order valence-corrected chi connectivity index (χ0v) is 18.9. The number of pyridine rings is 1. The largest absolute Gasteiger partial charge is 0.349 e. The highest BCUT2D eigenvalue weighted by Crippen LogP contribution is 2.28. The van der Waals surface area contributed by atoms with Crippen LogP contribution < -0.4 is 5.32 Å².